The Morgan fingerprint density at radius 2 is 0.429 bits per heavy atom. The lowest BCUT2D eigenvalue weighted by Gasteiger charge is -2.14. The number of hydrogen-bond acceptors (Lipinski definition) is 10. The molecular weight excluding hydrogens is 1550 g/mol. The largest absolute Gasteiger partial charge is 0.494 e. The van der Waals surface area contributed by atoms with Gasteiger partial charge in [0.25, 0.3) is 0 Å². The normalized spacial score (nSPS) is 11.8. The van der Waals surface area contributed by atoms with E-state index in [0.717, 1.165) is 252 Å². The second-order valence-corrected chi connectivity index (χ2v) is 36.0. The van der Waals surface area contributed by atoms with E-state index in [4.69, 9.17) is 47.9 Å². The second kappa shape index (κ2) is 63.7. The summed E-state index contributed by atoms with van der Waals surface area (Å²) in [6.07, 6.45) is 74.6. The highest BCUT2D eigenvalue weighted by atomic mass is 16.5. The van der Waals surface area contributed by atoms with Gasteiger partial charge in [-0.05, 0) is 184 Å². The molecule has 12 heteroatoms. The zero-order valence-corrected chi connectivity index (χ0v) is 79.9. The van der Waals surface area contributed by atoms with Crippen LogP contribution in [-0.2, 0) is 4.74 Å². The highest BCUT2D eigenvalue weighted by Gasteiger charge is 2.23. The van der Waals surface area contributed by atoms with E-state index in [-0.39, 0.29) is 0 Å². The van der Waals surface area contributed by atoms with Gasteiger partial charge in [-0.15, -0.1) is 6.58 Å². The summed E-state index contributed by atoms with van der Waals surface area (Å²) in [4.78, 5) is 20.1. The van der Waals surface area contributed by atoms with Crippen LogP contribution in [-0.4, -0.2) is 79.4 Å². The molecule has 12 nitrogen and oxygen atoms in total. The van der Waals surface area contributed by atoms with E-state index in [0.29, 0.717) is 46.2 Å². The molecule has 8 bridgehead atoms. The number of hydrogen-bond donors (Lipinski definition) is 2. The number of aromatic nitrogens is 4. The molecule has 7 aromatic rings. The van der Waals surface area contributed by atoms with Crippen molar-refractivity contribution < 1.29 is 37.9 Å². The Hall–Kier alpha value is -8.22. The van der Waals surface area contributed by atoms with Crippen LogP contribution in [0.4, 0.5) is 0 Å². The summed E-state index contributed by atoms with van der Waals surface area (Å²) >= 11 is 0. The number of nitrogens with one attached hydrogen (secondary N) is 2. The van der Waals surface area contributed by atoms with Gasteiger partial charge in [-0.25, -0.2) is 9.97 Å². The van der Waals surface area contributed by atoms with E-state index < -0.39 is 0 Å². The summed E-state index contributed by atoms with van der Waals surface area (Å²) in [6, 6.07) is 37.3. The first kappa shape index (κ1) is 102. The van der Waals surface area contributed by atoms with Crippen LogP contribution in [0.15, 0.2) is 116 Å². The molecule has 2 N–H and O–H groups in total. The maximum atomic E-state index is 6.95. The van der Waals surface area contributed by atoms with E-state index in [9.17, 15) is 0 Å². The van der Waals surface area contributed by atoms with Gasteiger partial charge >= 0.3 is 0 Å². The minimum atomic E-state index is 0.618. The van der Waals surface area contributed by atoms with E-state index in [1.54, 1.807) is 0 Å². The molecule has 0 amide bonds. The second-order valence-electron chi connectivity index (χ2n) is 36.0. The molecule has 0 fully saturated rings. The van der Waals surface area contributed by atoms with Crippen molar-refractivity contribution in [2.75, 3.05) is 59.5 Å². The van der Waals surface area contributed by atoms with E-state index in [2.05, 4.69) is 186 Å². The molecule has 0 atom stereocenters. The fraction of sp³-hybridized carbons (Fsp3) is 0.596. The summed E-state index contributed by atoms with van der Waals surface area (Å²) in [5.41, 5.74) is 14.4. The molecule has 0 radical (unpaired) electrons. The minimum absolute atomic E-state index is 0.618. The third kappa shape index (κ3) is 38.2. The first-order valence-electron chi connectivity index (χ1n) is 51.6. The number of aromatic amines is 2. The van der Waals surface area contributed by atoms with Crippen molar-refractivity contribution in [3.05, 3.63) is 139 Å². The molecule has 0 unspecified atom stereocenters. The van der Waals surface area contributed by atoms with Gasteiger partial charge in [0.05, 0.1) is 69.0 Å². The molecule has 2 aliphatic heterocycles. The van der Waals surface area contributed by atoms with E-state index >= 15 is 0 Å². The molecule has 0 spiro atoms. The highest BCUT2D eigenvalue weighted by molar-refractivity contribution is 6.00. The summed E-state index contributed by atoms with van der Waals surface area (Å²) in [6.45, 7) is 23.5. The van der Waals surface area contributed by atoms with Gasteiger partial charge in [-0.1, -0.05) is 336 Å². The third-order valence-corrected chi connectivity index (χ3v) is 24.9. The Labute approximate surface area is 764 Å². The van der Waals surface area contributed by atoms with Crippen LogP contribution in [0.25, 0.3) is 90.9 Å². The molecule has 9 rings (SSSR count). The van der Waals surface area contributed by atoms with Gasteiger partial charge in [0.2, 0.25) is 0 Å². The number of ether oxygens (including phenoxy) is 8. The Bertz CT molecular complexity index is 4130. The number of fused-ring (bicyclic) bond motifs is 8. The molecule has 0 aliphatic carbocycles. The molecule has 5 heterocycles. The summed E-state index contributed by atoms with van der Waals surface area (Å²) < 4.78 is 53.9. The van der Waals surface area contributed by atoms with Gasteiger partial charge in [0.15, 0.2) is 0 Å². The molecule has 0 saturated heterocycles. The molecule has 4 aromatic carbocycles. The molecule has 2 aliphatic rings. The number of H-pyrrole nitrogens is 2. The van der Waals surface area contributed by atoms with Crippen LogP contribution < -0.4 is 33.2 Å². The smallest absolute Gasteiger partial charge is 0.123 e. The van der Waals surface area contributed by atoms with Crippen molar-refractivity contribution in [2.45, 2.75) is 382 Å². The molecule has 0 saturated carbocycles. The van der Waals surface area contributed by atoms with Gasteiger partial charge in [0.1, 0.15) is 40.2 Å². The van der Waals surface area contributed by atoms with Crippen molar-refractivity contribution in [1.82, 2.24) is 19.9 Å². The average molecular weight is 1720 g/mol. The fourth-order valence-corrected chi connectivity index (χ4v) is 17.5. The minimum Gasteiger partial charge on any atom is -0.494 e. The van der Waals surface area contributed by atoms with Crippen LogP contribution in [0.3, 0.4) is 0 Å². The van der Waals surface area contributed by atoms with Crippen LogP contribution in [0, 0.1) is 0 Å². The van der Waals surface area contributed by atoms with Crippen molar-refractivity contribution in [3.63, 3.8) is 0 Å². The Kier molecular flexibility index (Phi) is 51.3. The lowest BCUT2D eigenvalue weighted by Crippen LogP contribution is -2.01. The van der Waals surface area contributed by atoms with Gasteiger partial charge < -0.3 is 47.9 Å². The summed E-state index contributed by atoms with van der Waals surface area (Å²) in [5.74, 6) is 5.56. The standard InChI is InChI=1S/C114H168N4O8/c1-8-15-22-28-34-40-46-55-77-121-97-83-93(84-98(89-97)122-78-56-47-41-35-29-23-16-9-2)112-105-68-66-103(115-105)111(92-62-64-96(65-63-92)120-76-61-53-52-54-75-119-74-21-14-7)104-67-69-106(116-104)113(94-85-99(123-79-57-48-42-36-30-24-17-10-3)90-100(86-94)124-80-58-49-43-37-31-25-18-11-4)108-71-73-110(118-108)114(109-72-70-107(112)117-109)95-87-101(125-81-59-50-44-38-32-26-19-12-5)91-102(88-95)126-82-60-51-45-39-33-27-20-13-6/h14,62-73,83-91,115,118H,7-13,15-61,74-82H2,1-6H3. The van der Waals surface area contributed by atoms with Crippen molar-refractivity contribution in [2.24, 2.45) is 0 Å². The monoisotopic (exact) mass is 1720 g/mol. The first-order valence-corrected chi connectivity index (χ1v) is 51.6. The molecule has 692 valence electrons. The summed E-state index contributed by atoms with van der Waals surface area (Å²) in [7, 11) is 0. The Balaban J connectivity index is 1.25. The average Bonchev–Trinajstić information content (AvgIpc) is 1.61. The molecular formula is C114H168N4O8. The Morgan fingerprint density at radius 3 is 0.659 bits per heavy atom. The molecule has 126 heavy (non-hydrogen) atoms. The third-order valence-electron chi connectivity index (χ3n) is 24.9. The van der Waals surface area contributed by atoms with Crippen LogP contribution >= 0.6 is 0 Å². The maximum Gasteiger partial charge on any atom is 0.123 e. The Morgan fingerprint density at radius 1 is 0.222 bits per heavy atom. The fourth-order valence-electron chi connectivity index (χ4n) is 17.5. The van der Waals surface area contributed by atoms with Gasteiger partial charge in [-0.3, -0.25) is 0 Å². The SMILES string of the molecule is C=CCCOCCCCCCOc1ccc(-c2c3nc(c(-c4cc(OCCCCCCCCCC)cc(OCCCCCCCCCC)c4)c4ccc([nH]4)c(-c4cc(OCCCCCCCCCC)cc(OCCCCCCCCCC)c4)c4nc(c(-c5cc(OCCCCCCCCCC)cc(OCCCCCCCCCC)c5)c5ccc2[nH]5)C=C4)C=C3)cc1. The number of benzene rings is 4. The predicted octanol–water partition coefficient (Wildman–Crippen LogP) is 35.0. The van der Waals surface area contributed by atoms with Crippen molar-refractivity contribution >= 4 is 46.4 Å². The highest BCUT2D eigenvalue weighted by Crippen LogP contribution is 2.44. The van der Waals surface area contributed by atoms with Gasteiger partial charge in [0, 0.05) is 75.7 Å². The summed E-state index contributed by atoms with van der Waals surface area (Å²) in [5, 5.41) is 0. The van der Waals surface area contributed by atoms with Crippen molar-refractivity contribution in [3.8, 4) is 84.8 Å². The zero-order valence-electron chi connectivity index (χ0n) is 79.9. The number of unbranched alkanes of at least 4 members (excludes halogenated alkanes) is 45. The lowest BCUT2D eigenvalue weighted by atomic mass is 10.0. The van der Waals surface area contributed by atoms with Crippen molar-refractivity contribution in [1.29, 1.82) is 0 Å². The zero-order chi connectivity index (χ0) is 88.2. The quantitative estimate of drug-likeness (QED) is 0.0281. The van der Waals surface area contributed by atoms with Gasteiger partial charge in [-0.2, -0.15) is 0 Å². The van der Waals surface area contributed by atoms with Crippen LogP contribution in [0.2, 0.25) is 0 Å². The topological polar surface area (TPSA) is 131 Å². The van der Waals surface area contributed by atoms with E-state index in [1.807, 2.05) is 6.08 Å². The number of nitrogens with zero attached hydrogens (tertiary/aromatic N) is 2. The van der Waals surface area contributed by atoms with E-state index in [1.165, 1.54) is 231 Å². The first-order chi connectivity index (χ1) is 62.3. The maximum absolute atomic E-state index is 6.95. The predicted molar refractivity (Wildman–Crippen MR) is 539 cm³/mol. The molecule has 3 aromatic heterocycles. The van der Waals surface area contributed by atoms with Crippen LogP contribution in [0.5, 0.6) is 40.2 Å². The van der Waals surface area contributed by atoms with Crippen LogP contribution in [0.1, 0.15) is 405 Å². The lowest BCUT2D eigenvalue weighted by molar-refractivity contribution is 0.134. The number of rotatable bonds is 75.